The van der Waals surface area contributed by atoms with Crippen LogP contribution < -0.4 is 5.32 Å². The van der Waals surface area contributed by atoms with Gasteiger partial charge in [0.15, 0.2) is 0 Å². The Morgan fingerprint density at radius 3 is 2.53 bits per heavy atom. The van der Waals surface area contributed by atoms with Crippen LogP contribution in [-0.4, -0.2) is 37.8 Å². The largest absolute Gasteiger partial charge is 0.320 e. The third kappa shape index (κ3) is 6.10. The number of nitrogens with zero attached hydrogens (tertiary/aromatic N) is 1. The van der Waals surface area contributed by atoms with Crippen molar-refractivity contribution in [3.8, 4) is 0 Å². The standard InChI is InChI=1S/C14H24N2S/c1-4-17-14-8-6-13(7-9-14)12-16(3)11-5-10-15-2/h6-9,15H,4-5,10-12H2,1-3H3. The summed E-state index contributed by atoms with van der Waals surface area (Å²) in [5.74, 6) is 1.14. The van der Waals surface area contributed by atoms with E-state index in [1.165, 1.54) is 16.9 Å². The molecule has 1 aromatic rings. The van der Waals surface area contributed by atoms with Crippen LogP contribution in [0.5, 0.6) is 0 Å². The highest BCUT2D eigenvalue weighted by Crippen LogP contribution is 2.18. The molecular weight excluding hydrogens is 228 g/mol. The van der Waals surface area contributed by atoms with Gasteiger partial charge in [0.2, 0.25) is 0 Å². The molecule has 0 bridgehead atoms. The van der Waals surface area contributed by atoms with Crippen LogP contribution in [0.3, 0.4) is 0 Å². The van der Waals surface area contributed by atoms with Gasteiger partial charge in [-0.15, -0.1) is 11.8 Å². The fraction of sp³-hybridized carbons (Fsp3) is 0.571. The summed E-state index contributed by atoms with van der Waals surface area (Å²) in [6.07, 6.45) is 1.21. The summed E-state index contributed by atoms with van der Waals surface area (Å²) in [4.78, 5) is 3.74. The Kier molecular flexibility index (Phi) is 7.33. The van der Waals surface area contributed by atoms with Crippen molar-refractivity contribution in [2.45, 2.75) is 24.8 Å². The fourth-order valence-corrected chi connectivity index (χ4v) is 2.44. The topological polar surface area (TPSA) is 15.3 Å². The van der Waals surface area contributed by atoms with Crippen molar-refractivity contribution in [1.29, 1.82) is 0 Å². The van der Waals surface area contributed by atoms with E-state index in [9.17, 15) is 0 Å². The van der Waals surface area contributed by atoms with E-state index in [2.05, 4.69) is 48.5 Å². The predicted octanol–water partition coefficient (Wildman–Crippen LogP) is 2.84. The zero-order chi connectivity index (χ0) is 12.5. The molecule has 0 aliphatic heterocycles. The number of hydrogen-bond donors (Lipinski definition) is 1. The highest BCUT2D eigenvalue weighted by Gasteiger charge is 2.00. The lowest BCUT2D eigenvalue weighted by Crippen LogP contribution is -2.22. The van der Waals surface area contributed by atoms with Crippen LogP contribution in [0.1, 0.15) is 18.9 Å². The van der Waals surface area contributed by atoms with Crippen molar-refractivity contribution >= 4 is 11.8 Å². The Balaban J connectivity index is 2.34. The van der Waals surface area contributed by atoms with Gasteiger partial charge >= 0.3 is 0 Å². The molecule has 1 aromatic carbocycles. The van der Waals surface area contributed by atoms with Crippen LogP contribution in [-0.2, 0) is 6.54 Å². The van der Waals surface area contributed by atoms with E-state index in [0.717, 1.165) is 25.4 Å². The number of hydrogen-bond acceptors (Lipinski definition) is 3. The normalized spacial score (nSPS) is 11.1. The summed E-state index contributed by atoms with van der Waals surface area (Å²) >= 11 is 1.90. The van der Waals surface area contributed by atoms with Crippen molar-refractivity contribution in [3.05, 3.63) is 29.8 Å². The van der Waals surface area contributed by atoms with Crippen LogP contribution in [0.2, 0.25) is 0 Å². The van der Waals surface area contributed by atoms with Gasteiger partial charge in [-0.3, -0.25) is 0 Å². The zero-order valence-electron chi connectivity index (χ0n) is 11.2. The Morgan fingerprint density at radius 1 is 1.24 bits per heavy atom. The smallest absolute Gasteiger partial charge is 0.0230 e. The Morgan fingerprint density at radius 2 is 1.94 bits per heavy atom. The molecule has 0 spiro atoms. The van der Waals surface area contributed by atoms with E-state index in [1.54, 1.807) is 0 Å². The molecule has 96 valence electrons. The second-order valence-electron chi connectivity index (χ2n) is 4.27. The van der Waals surface area contributed by atoms with Gasteiger partial charge in [0.25, 0.3) is 0 Å². The lowest BCUT2D eigenvalue weighted by Gasteiger charge is -2.16. The van der Waals surface area contributed by atoms with Gasteiger partial charge in [-0.05, 0) is 57.1 Å². The van der Waals surface area contributed by atoms with Crippen LogP contribution in [0.4, 0.5) is 0 Å². The molecule has 0 radical (unpaired) electrons. The van der Waals surface area contributed by atoms with Crippen molar-refractivity contribution in [2.75, 3.05) is 32.9 Å². The molecule has 2 nitrogen and oxygen atoms in total. The first-order valence-electron chi connectivity index (χ1n) is 6.31. The van der Waals surface area contributed by atoms with Crippen LogP contribution in [0.15, 0.2) is 29.2 Å². The quantitative estimate of drug-likeness (QED) is 0.566. The van der Waals surface area contributed by atoms with Gasteiger partial charge in [0.05, 0.1) is 0 Å². The first-order valence-corrected chi connectivity index (χ1v) is 7.29. The summed E-state index contributed by atoms with van der Waals surface area (Å²) in [5, 5.41) is 3.18. The molecule has 3 heteroatoms. The van der Waals surface area contributed by atoms with E-state index in [0.29, 0.717) is 0 Å². The zero-order valence-corrected chi connectivity index (χ0v) is 12.0. The second kappa shape index (κ2) is 8.56. The van der Waals surface area contributed by atoms with Crippen LogP contribution in [0.25, 0.3) is 0 Å². The van der Waals surface area contributed by atoms with Crippen LogP contribution in [0, 0.1) is 0 Å². The molecule has 1 N–H and O–H groups in total. The van der Waals surface area contributed by atoms with Crippen molar-refractivity contribution < 1.29 is 0 Å². The highest BCUT2D eigenvalue weighted by molar-refractivity contribution is 7.99. The van der Waals surface area contributed by atoms with Crippen molar-refractivity contribution in [1.82, 2.24) is 10.2 Å². The first-order chi connectivity index (χ1) is 8.26. The molecule has 0 unspecified atom stereocenters. The molecule has 0 saturated carbocycles. The average molecular weight is 252 g/mol. The molecule has 0 atom stereocenters. The lowest BCUT2D eigenvalue weighted by molar-refractivity contribution is 0.321. The van der Waals surface area contributed by atoms with Crippen molar-refractivity contribution in [2.24, 2.45) is 0 Å². The van der Waals surface area contributed by atoms with Gasteiger partial charge in [-0.1, -0.05) is 19.1 Å². The predicted molar refractivity (Wildman–Crippen MR) is 77.7 cm³/mol. The average Bonchev–Trinajstić information content (AvgIpc) is 2.32. The Hall–Kier alpha value is -0.510. The first kappa shape index (κ1) is 14.6. The van der Waals surface area contributed by atoms with E-state index in [-0.39, 0.29) is 0 Å². The summed E-state index contributed by atoms with van der Waals surface area (Å²) in [7, 11) is 4.19. The van der Waals surface area contributed by atoms with Gasteiger partial charge in [-0.25, -0.2) is 0 Å². The number of benzene rings is 1. The third-order valence-electron chi connectivity index (χ3n) is 2.65. The maximum Gasteiger partial charge on any atom is 0.0230 e. The van der Waals surface area contributed by atoms with Gasteiger partial charge in [0, 0.05) is 11.4 Å². The number of nitrogens with one attached hydrogen (secondary N) is 1. The van der Waals surface area contributed by atoms with Gasteiger partial charge in [-0.2, -0.15) is 0 Å². The molecule has 1 rings (SSSR count). The summed E-state index contributed by atoms with van der Waals surface area (Å²) in [6, 6.07) is 8.94. The number of thioether (sulfide) groups is 1. The minimum atomic E-state index is 1.04. The minimum Gasteiger partial charge on any atom is -0.320 e. The Bertz CT molecular complexity index is 298. The maximum absolute atomic E-state index is 3.18. The van der Waals surface area contributed by atoms with Gasteiger partial charge < -0.3 is 10.2 Å². The maximum atomic E-state index is 3.18. The minimum absolute atomic E-state index is 1.04. The lowest BCUT2D eigenvalue weighted by atomic mass is 10.2. The molecular formula is C14H24N2S. The number of rotatable bonds is 8. The van der Waals surface area contributed by atoms with E-state index < -0.39 is 0 Å². The molecule has 0 saturated heterocycles. The highest BCUT2D eigenvalue weighted by atomic mass is 32.2. The summed E-state index contributed by atoms with van der Waals surface area (Å²) < 4.78 is 0. The van der Waals surface area contributed by atoms with E-state index in [1.807, 2.05) is 18.8 Å². The second-order valence-corrected chi connectivity index (χ2v) is 5.61. The van der Waals surface area contributed by atoms with E-state index >= 15 is 0 Å². The van der Waals surface area contributed by atoms with Crippen molar-refractivity contribution in [3.63, 3.8) is 0 Å². The fourth-order valence-electron chi connectivity index (χ4n) is 1.77. The van der Waals surface area contributed by atoms with E-state index in [4.69, 9.17) is 0 Å². The Labute approximate surface area is 110 Å². The monoisotopic (exact) mass is 252 g/mol. The molecule has 0 heterocycles. The summed E-state index contributed by atoms with van der Waals surface area (Å²) in [6.45, 7) is 5.47. The van der Waals surface area contributed by atoms with Gasteiger partial charge in [0.1, 0.15) is 0 Å². The molecule has 0 aromatic heterocycles. The summed E-state index contributed by atoms with van der Waals surface area (Å²) in [5.41, 5.74) is 1.40. The SMILES string of the molecule is CCSc1ccc(CN(C)CCCNC)cc1. The molecule has 0 aliphatic carbocycles. The molecule has 0 aliphatic rings. The van der Waals surface area contributed by atoms with Crippen LogP contribution >= 0.6 is 11.8 Å². The molecule has 0 fully saturated rings. The third-order valence-corrected chi connectivity index (χ3v) is 3.55. The molecule has 17 heavy (non-hydrogen) atoms. The molecule has 0 amide bonds.